The first kappa shape index (κ1) is 9.47. The summed E-state index contributed by atoms with van der Waals surface area (Å²) < 4.78 is 5.79. The lowest BCUT2D eigenvalue weighted by Crippen LogP contribution is -1.95. The van der Waals surface area contributed by atoms with Gasteiger partial charge in [0.05, 0.1) is 5.69 Å². The van der Waals surface area contributed by atoms with E-state index in [-0.39, 0.29) is 6.04 Å². The number of aromatic nitrogens is 2. The molecule has 1 atom stereocenters. The van der Waals surface area contributed by atoms with E-state index in [1.54, 1.807) is 12.4 Å². The van der Waals surface area contributed by atoms with Crippen molar-refractivity contribution in [1.82, 2.24) is 9.97 Å². The molecule has 0 bridgehead atoms. The van der Waals surface area contributed by atoms with Crippen LogP contribution < -0.4 is 0 Å². The van der Waals surface area contributed by atoms with Gasteiger partial charge in [-0.1, -0.05) is 6.07 Å². The summed E-state index contributed by atoms with van der Waals surface area (Å²) in [6.45, 7) is 0. The zero-order valence-electron chi connectivity index (χ0n) is 9.32. The van der Waals surface area contributed by atoms with Crippen molar-refractivity contribution in [3.8, 4) is 0 Å². The maximum atomic E-state index is 5.79. The normalized spacial score (nSPS) is 17.2. The first-order chi connectivity index (χ1) is 8.93. The van der Waals surface area contributed by atoms with Gasteiger partial charge in [0.15, 0.2) is 23.1 Å². The standard InChI is InChI=1S/C13H8N4O/c1-2-6-14-8(4-1)10-13-12(17-16-10)11-9(18-13)5-3-7-15-11/h1-7,10H. The lowest BCUT2D eigenvalue weighted by atomic mass is 10.1. The second kappa shape index (κ2) is 3.46. The minimum Gasteiger partial charge on any atom is -0.454 e. The summed E-state index contributed by atoms with van der Waals surface area (Å²) in [7, 11) is 0. The number of rotatable bonds is 1. The molecule has 0 radical (unpaired) electrons. The van der Waals surface area contributed by atoms with E-state index >= 15 is 0 Å². The Kier molecular flexibility index (Phi) is 1.82. The molecule has 1 unspecified atom stereocenters. The fraction of sp³-hybridized carbons (Fsp3) is 0.0769. The molecular weight excluding hydrogens is 228 g/mol. The molecule has 0 spiro atoms. The molecule has 5 nitrogen and oxygen atoms in total. The van der Waals surface area contributed by atoms with Gasteiger partial charge in [0.1, 0.15) is 5.52 Å². The molecule has 4 rings (SSSR count). The zero-order chi connectivity index (χ0) is 11.9. The van der Waals surface area contributed by atoms with Gasteiger partial charge in [-0.2, -0.15) is 5.11 Å². The van der Waals surface area contributed by atoms with Gasteiger partial charge in [0.2, 0.25) is 0 Å². The van der Waals surface area contributed by atoms with Crippen molar-refractivity contribution >= 4 is 16.8 Å². The number of nitrogens with zero attached hydrogens (tertiary/aromatic N) is 4. The first-order valence-electron chi connectivity index (χ1n) is 5.63. The Balaban J connectivity index is 1.93. The molecule has 3 aromatic rings. The Hall–Kier alpha value is -2.56. The summed E-state index contributed by atoms with van der Waals surface area (Å²) in [4.78, 5) is 8.57. The van der Waals surface area contributed by atoms with Crippen LogP contribution in [0.3, 0.4) is 0 Å². The van der Waals surface area contributed by atoms with Gasteiger partial charge >= 0.3 is 0 Å². The van der Waals surface area contributed by atoms with Crippen LogP contribution in [0.25, 0.3) is 11.1 Å². The van der Waals surface area contributed by atoms with E-state index in [1.807, 2.05) is 30.3 Å². The third-order valence-corrected chi connectivity index (χ3v) is 2.94. The minimum atomic E-state index is -0.254. The summed E-state index contributed by atoms with van der Waals surface area (Å²) in [6, 6.07) is 9.18. The first-order valence-corrected chi connectivity index (χ1v) is 5.63. The Bertz CT molecular complexity index is 748. The van der Waals surface area contributed by atoms with Crippen molar-refractivity contribution in [2.75, 3.05) is 0 Å². The largest absolute Gasteiger partial charge is 0.454 e. The average molecular weight is 236 g/mol. The van der Waals surface area contributed by atoms with E-state index in [2.05, 4.69) is 20.2 Å². The molecule has 0 fully saturated rings. The van der Waals surface area contributed by atoms with Crippen molar-refractivity contribution < 1.29 is 4.42 Å². The quantitative estimate of drug-likeness (QED) is 0.650. The highest BCUT2D eigenvalue weighted by Crippen LogP contribution is 2.44. The van der Waals surface area contributed by atoms with Crippen molar-refractivity contribution in [3.63, 3.8) is 0 Å². The number of pyridine rings is 2. The monoisotopic (exact) mass is 236 g/mol. The molecule has 0 saturated heterocycles. The van der Waals surface area contributed by atoms with E-state index < -0.39 is 0 Å². The van der Waals surface area contributed by atoms with E-state index in [0.717, 1.165) is 28.2 Å². The smallest absolute Gasteiger partial charge is 0.173 e. The van der Waals surface area contributed by atoms with Crippen LogP contribution in [-0.2, 0) is 0 Å². The van der Waals surface area contributed by atoms with Crippen molar-refractivity contribution in [1.29, 1.82) is 0 Å². The lowest BCUT2D eigenvalue weighted by molar-refractivity contribution is 0.529. The van der Waals surface area contributed by atoms with Gasteiger partial charge in [-0.25, -0.2) is 0 Å². The zero-order valence-corrected chi connectivity index (χ0v) is 9.32. The Morgan fingerprint density at radius 2 is 1.94 bits per heavy atom. The van der Waals surface area contributed by atoms with Crippen LogP contribution in [0, 0.1) is 0 Å². The van der Waals surface area contributed by atoms with Crippen LogP contribution in [-0.4, -0.2) is 9.97 Å². The number of fused-ring (bicyclic) bond motifs is 3. The maximum absolute atomic E-state index is 5.79. The molecule has 0 amide bonds. The molecule has 3 aromatic heterocycles. The van der Waals surface area contributed by atoms with Crippen molar-refractivity contribution in [3.05, 3.63) is 54.2 Å². The predicted octanol–water partition coefficient (Wildman–Crippen LogP) is 3.41. The number of hydrogen-bond donors (Lipinski definition) is 0. The summed E-state index contributed by atoms with van der Waals surface area (Å²) in [5.74, 6) is 0.724. The molecule has 0 saturated carbocycles. The summed E-state index contributed by atoms with van der Waals surface area (Å²) in [5, 5.41) is 8.39. The molecule has 0 aromatic carbocycles. The van der Waals surface area contributed by atoms with Crippen LogP contribution >= 0.6 is 0 Å². The highest BCUT2D eigenvalue weighted by Gasteiger charge is 2.30. The van der Waals surface area contributed by atoms with Crippen LogP contribution in [0.2, 0.25) is 0 Å². The highest BCUT2D eigenvalue weighted by molar-refractivity contribution is 5.87. The van der Waals surface area contributed by atoms with Crippen LogP contribution in [0.1, 0.15) is 17.5 Å². The highest BCUT2D eigenvalue weighted by atomic mass is 16.3. The van der Waals surface area contributed by atoms with Crippen LogP contribution in [0.5, 0.6) is 0 Å². The molecule has 4 heterocycles. The van der Waals surface area contributed by atoms with Crippen molar-refractivity contribution in [2.45, 2.75) is 6.04 Å². The van der Waals surface area contributed by atoms with Crippen LogP contribution in [0.15, 0.2) is 57.4 Å². The molecule has 18 heavy (non-hydrogen) atoms. The maximum Gasteiger partial charge on any atom is 0.173 e. The minimum absolute atomic E-state index is 0.254. The summed E-state index contributed by atoms with van der Waals surface area (Å²) in [6.07, 6.45) is 3.46. The Morgan fingerprint density at radius 1 is 1.00 bits per heavy atom. The molecule has 0 aliphatic carbocycles. The number of hydrogen-bond acceptors (Lipinski definition) is 5. The van der Waals surface area contributed by atoms with Crippen LogP contribution in [0.4, 0.5) is 5.69 Å². The fourth-order valence-corrected chi connectivity index (χ4v) is 2.12. The van der Waals surface area contributed by atoms with Crippen molar-refractivity contribution in [2.24, 2.45) is 10.2 Å². The molecule has 86 valence electrons. The van der Waals surface area contributed by atoms with E-state index in [9.17, 15) is 0 Å². The lowest BCUT2D eigenvalue weighted by Gasteiger charge is -2.02. The van der Waals surface area contributed by atoms with Gasteiger partial charge in [-0.05, 0) is 24.3 Å². The number of furan rings is 1. The van der Waals surface area contributed by atoms with Gasteiger partial charge in [0, 0.05) is 12.4 Å². The Morgan fingerprint density at radius 3 is 2.83 bits per heavy atom. The summed E-state index contributed by atoms with van der Waals surface area (Å²) >= 11 is 0. The molecular formula is C13H8N4O. The molecule has 0 N–H and O–H groups in total. The summed E-state index contributed by atoms with van der Waals surface area (Å²) in [5.41, 5.74) is 3.05. The molecule has 5 heteroatoms. The fourth-order valence-electron chi connectivity index (χ4n) is 2.12. The molecule has 1 aliphatic rings. The van der Waals surface area contributed by atoms with E-state index in [0.29, 0.717) is 0 Å². The van der Waals surface area contributed by atoms with Gasteiger partial charge in [0.25, 0.3) is 0 Å². The predicted molar refractivity (Wildman–Crippen MR) is 64.6 cm³/mol. The van der Waals surface area contributed by atoms with Gasteiger partial charge in [-0.3, -0.25) is 9.97 Å². The molecule has 1 aliphatic heterocycles. The third kappa shape index (κ3) is 1.21. The third-order valence-electron chi connectivity index (χ3n) is 2.94. The average Bonchev–Trinajstić information content (AvgIpc) is 2.98. The number of azo groups is 1. The van der Waals surface area contributed by atoms with Gasteiger partial charge < -0.3 is 4.42 Å². The Labute approximate surface area is 102 Å². The second-order valence-corrected chi connectivity index (χ2v) is 4.04. The van der Waals surface area contributed by atoms with E-state index in [4.69, 9.17) is 4.42 Å². The second-order valence-electron chi connectivity index (χ2n) is 4.04. The van der Waals surface area contributed by atoms with Gasteiger partial charge in [-0.15, -0.1) is 5.11 Å². The SMILES string of the molecule is c1ccc(C2N=Nc3c2oc2cccnc32)nc1. The topological polar surface area (TPSA) is 63.6 Å². The van der Waals surface area contributed by atoms with E-state index in [1.165, 1.54) is 0 Å².